The van der Waals surface area contributed by atoms with Gasteiger partial charge in [0.15, 0.2) is 0 Å². The van der Waals surface area contributed by atoms with Crippen LogP contribution in [-0.4, -0.2) is 19.5 Å². The van der Waals surface area contributed by atoms with Gasteiger partial charge < -0.3 is 5.32 Å². The largest absolute Gasteiger partial charge is 0.313 e. The summed E-state index contributed by atoms with van der Waals surface area (Å²) in [6.45, 7) is 4.78. The minimum atomic E-state index is -2.20. The molecular formula is C7H11F2N. The van der Waals surface area contributed by atoms with E-state index < -0.39 is 12.3 Å². The maximum atomic E-state index is 12.0. The summed E-state index contributed by atoms with van der Waals surface area (Å²) in [6.07, 6.45) is -1.73. The van der Waals surface area contributed by atoms with Gasteiger partial charge in [-0.1, -0.05) is 12.2 Å². The second-order valence-electron chi connectivity index (χ2n) is 2.68. The van der Waals surface area contributed by atoms with Crippen molar-refractivity contribution in [1.82, 2.24) is 5.32 Å². The summed E-state index contributed by atoms with van der Waals surface area (Å²) < 4.78 is 24.0. The van der Waals surface area contributed by atoms with Gasteiger partial charge in [0.2, 0.25) is 6.43 Å². The van der Waals surface area contributed by atoms with Crippen LogP contribution in [0.3, 0.4) is 0 Å². The van der Waals surface area contributed by atoms with E-state index in [0.717, 1.165) is 5.57 Å². The van der Waals surface area contributed by atoms with E-state index in [1.807, 2.05) is 0 Å². The summed E-state index contributed by atoms with van der Waals surface area (Å²) in [5, 5.41) is 2.89. The van der Waals surface area contributed by atoms with Crippen LogP contribution >= 0.6 is 0 Å². The van der Waals surface area contributed by atoms with Crippen LogP contribution in [0.15, 0.2) is 12.2 Å². The van der Waals surface area contributed by atoms with Crippen molar-refractivity contribution in [2.75, 3.05) is 13.1 Å². The topological polar surface area (TPSA) is 12.0 Å². The first-order chi connectivity index (χ1) is 4.70. The SMILES string of the molecule is C=C1CNCC(C(F)F)C1. The normalized spacial score (nSPS) is 27.5. The van der Waals surface area contributed by atoms with Crippen LogP contribution in [-0.2, 0) is 0 Å². The Morgan fingerprint density at radius 3 is 2.70 bits per heavy atom. The lowest BCUT2D eigenvalue weighted by Gasteiger charge is -2.23. The number of hydrogen-bond acceptors (Lipinski definition) is 1. The number of halogens is 2. The quantitative estimate of drug-likeness (QED) is 0.553. The fraction of sp³-hybridized carbons (Fsp3) is 0.714. The second-order valence-corrected chi connectivity index (χ2v) is 2.68. The van der Waals surface area contributed by atoms with E-state index in [1.165, 1.54) is 0 Å². The molecule has 0 aromatic heterocycles. The summed E-state index contributed by atoms with van der Waals surface area (Å²) in [6, 6.07) is 0. The molecule has 1 saturated heterocycles. The van der Waals surface area contributed by atoms with Gasteiger partial charge >= 0.3 is 0 Å². The maximum Gasteiger partial charge on any atom is 0.242 e. The Morgan fingerprint density at radius 2 is 2.30 bits per heavy atom. The highest BCUT2D eigenvalue weighted by atomic mass is 19.3. The number of alkyl halides is 2. The Bertz CT molecular complexity index is 134. The molecule has 0 aromatic rings. The summed E-state index contributed by atoms with van der Waals surface area (Å²) in [7, 11) is 0. The number of piperidine rings is 1. The molecule has 0 amide bonds. The van der Waals surface area contributed by atoms with Crippen LogP contribution in [0.1, 0.15) is 6.42 Å². The molecule has 0 bridgehead atoms. The van der Waals surface area contributed by atoms with Crippen molar-refractivity contribution in [3.63, 3.8) is 0 Å². The standard InChI is InChI=1S/C7H11F2N/c1-5-2-6(7(8)9)4-10-3-5/h6-7,10H,1-4H2. The summed E-state index contributed by atoms with van der Waals surface area (Å²) in [4.78, 5) is 0. The Morgan fingerprint density at radius 1 is 1.60 bits per heavy atom. The van der Waals surface area contributed by atoms with Gasteiger partial charge in [0, 0.05) is 19.0 Å². The molecule has 1 fully saturated rings. The molecule has 1 heterocycles. The molecule has 1 N–H and O–H groups in total. The van der Waals surface area contributed by atoms with Crippen molar-refractivity contribution in [3.8, 4) is 0 Å². The van der Waals surface area contributed by atoms with Crippen molar-refractivity contribution in [1.29, 1.82) is 0 Å². The van der Waals surface area contributed by atoms with Crippen LogP contribution < -0.4 is 5.32 Å². The molecule has 10 heavy (non-hydrogen) atoms. The lowest BCUT2D eigenvalue weighted by Crippen LogP contribution is -2.34. The Hall–Kier alpha value is -0.440. The molecule has 1 rings (SSSR count). The minimum absolute atomic E-state index is 0.427. The van der Waals surface area contributed by atoms with Crippen molar-refractivity contribution in [2.24, 2.45) is 5.92 Å². The summed E-state index contributed by atoms with van der Waals surface area (Å²) in [5.74, 6) is -0.513. The number of rotatable bonds is 1. The zero-order valence-corrected chi connectivity index (χ0v) is 5.74. The summed E-state index contributed by atoms with van der Waals surface area (Å²) >= 11 is 0. The zero-order valence-electron chi connectivity index (χ0n) is 5.74. The van der Waals surface area contributed by atoms with Crippen molar-refractivity contribution < 1.29 is 8.78 Å². The van der Waals surface area contributed by atoms with Gasteiger partial charge in [0.05, 0.1) is 0 Å². The van der Waals surface area contributed by atoms with Gasteiger partial charge in [-0.2, -0.15) is 0 Å². The maximum absolute atomic E-state index is 12.0. The predicted octanol–water partition coefficient (Wildman–Crippen LogP) is 1.42. The molecule has 58 valence electrons. The highest BCUT2D eigenvalue weighted by Gasteiger charge is 2.23. The fourth-order valence-corrected chi connectivity index (χ4v) is 1.13. The zero-order chi connectivity index (χ0) is 7.56. The van der Waals surface area contributed by atoms with E-state index in [1.54, 1.807) is 0 Å². The minimum Gasteiger partial charge on any atom is -0.313 e. The van der Waals surface area contributed by atoms with Gasteiger partial charge in [-0.3, -0.25) is 0 Å². The van der Waals surface area contributed by atoms with E-state index in [0.29, 0.717) is 19.5 Å². The average molecular weight is 147 g/mol. The van der Waals surface area contributed by atoms with Gasteiger partial charge in [-0.05, 0) is 6.42 Å². The molecule has 0 aliphatic carbocycles. The molecule has 0 saturated carbocycles. The molecule has 1 atom stereocenters. The highest BCUT2D eigenvalue weighted by molar-refractivity contribution is 5.02. The van der Waals surface area contributed by atoms with Crippen LogP contribution in [0.5, 0.6) is 0 Å². The monoisotopic (exact) mass is 147 g/mol. The van der Waals surface area contributed by atoms with Crippen molar-refractivity contribution >= 4 is 0 Å². The van der Waals surface area contributed by atoms with Crippen LogP contribution in [0.25, 0.3) is 0 Å². The smallest absolute Gasteiger partial charge is 0.242 e. The van der Waals surface area contributed by atoms with Gasteiger partial charge in [0.25, 0.3) is 0 Å². The van der Waals surface area contributed by atoms with Crippen LogP contribution in [0, 0.1) is 5.92 Å². The third-order valence-electron chi connectivity index (χ3n) is 1.69. The highest BCUT2D eigenvalue weighted by Crippen LogP contribution is 2.20. The van der Waals surface area contributed by atoms with Crippen molar-refractivity contribution in [2.45, 2.75) is 12.8 Å². The van der Waals surface area contributed by atoms with Crippen molar-refractivity contribution in [3.05, 3.63) is 12.2 Å². The average Bonchev–Trinajstić information content (AvgIpc) is 1.88. The van der Waals surface area contributed by atoms with Gasteiger partial charge in [0.1, 0.15) is 0 Å². The molecule has 1 aliphatic rings. The van der Waals surface area contributed by atoms with E-state index in [4.69, 9.17) is 0 Å². The van der Waals surface area contributed by atoms with E-state index in [9.17, 15) is 8.78 Å². The van der Waals surface area contributed by atoms with E-state index in [2.05, 4.69) is 11.9 Å². The Labute approximate surface area is 59.1 Å². The first-order valence-electron chi connectivity index (χ1n) is 3.35. The predicted molar refractivity (Wildman–Crippen MR) is 36.1 cm³/mol. The lowest BCUT2D eigenvalue weighted by atomic mass is 9.97. The molecule has 0 spiro atoms. The molecule has 0 radical (unpaired) electrons. The Kier molecular flexibility index (Phi) is 2.38. The number of hydrogen-bond donors (Lipinski definition) is 1. The first-order valence-corrected chi connectivity index (χ1v) is 3.35. The molecular weight excluding hydrogens is 136 g/mol. The molecule has 0 aromatic carbocycles. The molecule has 3 heteroatoms. The van der Waals surface area contributed by atoms with Gasteiger partial charge in [-0.25, -0.2) is 8.78 Å². The Balaban J connectivity index is 2.39. The second kappa shape index (κ2) is 3.10. The molecule has 1 aliphatic heterocycles. The summed E-state index contributed by atoms with van der Waals surface area (Å²) in [5.41, 5.74) is 0.886. The third-order valence-corrected chi connectivity index (χ3v) is 1.69. The van der Waals surface area contributed by atoms with Crippen LogP contribution in [0.2, 0.25) is 0 Å². The fourth-order valence-electron chi connectivity index (χ4n) is 1.13. The lowest BCUT2D eigenvalue weighted by molar-refractivity contribution is 0.0720. The van der Waals surface area contributed by atoms with E-state index >= 15 is 0 Å². The van der Waals surface area contributed by atoms with E-state index in [-0.39, 0.29) is 0 Å². The molecule has 1 unspecified atom stereocenters. The van der Waals surface area contributed by atoms with Crippen LogP contribution in [0.4, 0.5) is 8.78 Å². The third kappa shape index (κ3) is 1.77. The molecule has 1 nitrogen and oxygen atoms in total. The first kappa shape index (κ1) is 7.66. The van der Waals surface area contributed by atoms with Gasteiger partial charge in [-0.15, -0.1) is 0 Å². The number of nitrogens with one attached hydrogen (secondary N) is 1.